The van der Waals surface area contributed by atoms with Crippen LogP contribution in [0.15, 0.2) is 52.9 Å². The first-order valence-corrected chi connectivity index (χ1v) is 8.84. The van der Waals surface area contributed by atoms with Gasteiger partial charge in [-0.1, -0.05) is 23.9 Å². The zero-order valence-electron chi connectivity index (χ0n) is 12.2. The third kappa shape index (κ3) is 4.23. The topological polar surface area (TPSA) is 66.1 Å². The van der Waals surface area contributed by atoms with Crippen LogP contribution in [-0.4, -0.2) is 28.6 Å². The molecule has 0 unspecified atom stereocenters. The molecule has 0 bridgehead atoms. The summed E-state index contributed by atoms with van der Waals surface area (Å²) >= 11 is 3.16. The van der Waals surface area contributed by atoms with Crippen molar-refractivity contribution < 1.29 is 9.84 Å². The average molecular weight is 342 g/mol. The number of aliphatic hydroxyl groups is 1. The highest BCUT2D eigenvalue weighted by Gasteiger charge is 2.09. The van der Waals surface area contributed by atoms with Gasteiger partial charge in [0.15, 0.2) is 4.34 Å². The van der Waals surface area contributed by atoms with Crippen LogP contribution in [0.5, 0.6) is 5.75 Å². The molecule has 0 radical (unpaired) electrons. The van der Waals surface area contributed by atoms with Crippen molar-refractivity contribution in [1.29, 1.82) is 5.26 Å². The Kier molecular flexibility index (Phi) is 5.13. The summed E-state index contributed by atoms with van der Waals surface area (Å²) in [6.45, 7) is 0.212. The fourth-order valence-corrected chi connectivity index (χ4v) is 3.95. The maximum atomic E-state index is 10.0. The van der Waals surface area contributed by atoms with Gasteiger partial charge in [0, 0.05) is 5.75 Å². The first kappa shape index (κ1) is 15.8. The Morgan fingerprint density at radius 3 is 2.74 bits per heavy atom. The maximum Gasteiger partial charge on any atom is 0.151 e. The van der Waals surface area contributed by atoms with Crippen molar-refractivity contribution in [2.24, 2.45) is 0 Å². The second-order valence-corrected chi connectivity index (χ2v) is 7.16. The molecule has 1 heterocycles. The number of ether oxygens (including phenoxy) is 1. The van der Waals surface area contributed by atoms with Crippen LogP contribution in [0.1, 0.15) is 5.56 Å². The molecule has 0 aliphatic carbocycles. The number of benzene rings is 2. The van der Waals surface area contributed by atoms with Crippen LogP contribution in [0.3, 0.4) is 0 Å². The van der Waals surface area contributed by atoms with E-state index in [1.54, 1.807) is 35.6 Å². The van der Waals surface area contributed by atoms with E-state index in [9.17, 15) is 5.11 Å². The quantitative estimate of drug-likeness (QED) is 0.692. The highest BCUT2D eigenvalue weighted by atomic mass is 32.2. The lowest BCUT2D eigenvalue weighted by Crippen LogP contribution is -2.19. The van der Waals surface area contributed by atoms with Gasteiger partial charge in [-0.2, -0.15) is 5.26 Å². The molecule has 3 aromatic rings. The van der Waals surface area contributed by atoms with Gasteiger partial charge in [-0.25, -0.2) is 4.98 Å². The molecule has 116 valence electrons. The lowest BCUT2D eigenvalue weighted by molar-refractivity contribution is 0.126. The Morgan fingerprint density at radius 1 is 1.22 bits per heavy atom. The van der Waals surface area contributed by atoms with Gasteiger partial charge in [-0.3, -0.25) is 0 Å². The highest BCUT2D eigenvalue weighted by molar-refractivity contribution is 8.01. The van der Waals surface area contributed by atoms with E-state index < -0.39 is 6.10 Å². The van der Waals surface area contributed by atoms with E-state index in [1.165, 1.54) is 11.8 Å². The van der Waals surface area contributed by atoms with Crippen molar-refractivity contribution in [1.82, 2.24) is 4.98 Å². The number of hydrogen-bond acceptors (Lipinski definition) is 6. The van der Waals surface area contributed by atoms with E-state index in [-0.39, 0.29) is 6.61 Å². The number of nitrogens with zero attached hydrogens (tertiary/aromatic N) is 2. The number of thiazole rings is 1. The summed E-state index contributed by atoms with van der Waals surface area (Å²) in [5.41, 5.74) is 1.58. The van der Waals surface area contributed by atoms with Gasteiger partial charge in [0.05, 0.1) is 28.0 Å². The standard InChI is InChI=1S/C17H14N2O2S2/c18-9-12-5-7-14(8-6-12)21-10-13(20)11-22-17-19-15-3-1-2-4-16(15)23-17/h1-8,13,20H,10-11H2/t13-/m0/s1. The number of aliphatic hydroxyl groups excluding tert-OH is 1. The van der Waals surface area contributed by atoms with Gasteiger partial charge in [0.1, 0.15) is 12.4 Å². The fraction of sp³-hybridized carbons (Fsp3) is 0.176. The molecule has 0 aliphatic rings. The molecule has 1 N–H and O–H groups in total. The monoisotopic (exact) mass is 342 g/mol. The minimum Gasteiger partial charge on any atom is -0.491 e. The van der Waals surface area contributed by atoms with Crippen molar-refractivity contribution in [3.05, 3.63) is 54.1 Å². The van der Waals surface area contributed by atoms with Gasteiger partial charge in [-0.05, 0) is 36.4 Å². The first-order valence-electron chi connectivity index (χ1n) is 7.04. The van der Waals surface area contributed by atoms with Gasteiger partial charge >= 0.3 is 0 Å². The maximum absolute atomic E-state index is 10.0. The minimum atomic E-state index is -0.581. The van der Waals surface area contributed by atoms with E-state index in [0.29, 0.717) is 17.1 Å². The predicted molar refractivity (Wildman–Crippen MR) is 93.0 cm³/mol. The number of aromatic nitrogens is 1. The van der Waals surface area contributed by atoms with E-state index >= 15 is 0 Å². The highest BCUT2D eigenvalue weighted by Crippen LogP contribution is 2.29. The lowest BCUT2D eigenvalue weighted by atomic mass is 10.2. The van der Waals surface area contributed by atoms with Crippen molar-refractivity contribution >= 4 is 33.3 Å². The van der Waals surface area contributed by atoms with Crippen LogP contribution in [0.4, 0.5) is 0 Å². The van der Waals surface area contributed by atoms with Gasteiger partial charge in [0.25, 0.3) is 0 Å². The Hall–Kier alpha value is -2.07. The predicted octanol–water partition coefficient (Wildman–Crippen LogP) is 3.70. The number of fused-ring (bicyclic) bond motifs is 1. The van der Waals surface area contributed by atoms with E-state index in [4.69, 9.17) is 10.00 Å². The molecule has 6 heteroatoms. The number of nitriles is 1. The fourth-order valence-electron chi connectivity index (χ4n) is 1.95. The molecule has 0 spiro atoms. The third-order valence-corrected chi connectivity index (χ3v) is 5.42. The normalized spacial score (nSPS) is 12.0. The molecular weight excluding hydrogens is 328 g/mol. The first-order chi connectivity index (χ1) is 11.2. The van der Waals surface area contributed by atoms with Crippen molar-refractivity contribution in [2.75, 3.05) is 12.4 Å². The van der Waals surface area contributed by atoms with E-state index in [0.717, 1.165) is 14.6 Å². The third-order valence-electron chi connectivity index (χ3n) is 3.10. The van der Waals surface area contributed by atoms with Crippen LogP contribution in [0, 0.1) is 11.3 Å². The molecule has 1 atom stereocenters. The zero-order valence-corrected chi connectivity index (χ0v) is 13.8. The van der Waals surface area contributed by atoms with E-state index in [2.05, 4.69) is 11.1 Å². The summed E-state index contributed by atoms with van der Waals surface area (Å²) in [6.07, 6.45) is -0.581. The van der Waals surface area contributed by atoms with Gasteiger partial charge in [0.2, 0.25) is 0 Å². The number of hydrogen-bond donors (Lipinski definition) is 1. The largest absolute Gasteiger partial charge is 0.491 e. The molecule has 1 aromatic heterocycles. The van der Waals surface area contributed by atoms with Crippen LogP contribution < -0.4 is 4.74 Å². The summed E-state index contributed by atoms with van der Waals surface area (Å²) in [7, 11) is 0. The van der Waals surface area contributed by atoms with Gasteiger partial charge < -0.3 is 9.84 Å². The Bertz CT molecular complexity index is 791. The molecule has 0 saturated heterocycles. The average Bonchev–Trinajstić information content (AvgIpc) is 3.01. The molecule has 0 fully saturated rings. The minimum absolute atomic E-state index is 0.212. The zero-order chi connectivity index (χ0) is 16.1. The summed E-state index contributed by atoms with van der Waals surface area (Å²) in [6, 6.07) is 16.9. The Balaban J connectivity index is 1.49. The van der Waals surface area contributed by atoms with Crippen molar-refractivity contribution in [2.45, 2.75) is 10.4 Å². The molecule has 0 aliphatic heterocycles. The summed E-state index contributed by atoms with van der Waals surface area (Å²) in [4.78, 5) is 4.52. The molecule has 2 aromatic carbocycles. The summed E-state index contributed by atoms with van der Waals surface area (Å²) < 4.78 is 7.62. The summed E-state index contributed by atoms with van der Waals surface area (Å²) in [5.74, 6) is 1.17. The molecule has 0 amide bonds. The summed E-state index contributed by atoms with van der Waals surface area (Å²) in [5, 5.41) is 18.8. The van der Waals surface area contributed by atoms with Gasteiger partial charge in [-0.15, -0.1) is 11.3 Å². The van der Waals surface area contributed by atoms with E-state index in [1.807, 2.05) is 24.3 Å². The number of para-hydroxylation sites is 1. The smallest absolute Gasteiger partial charge is 0.151 e. The number of thioether (sulfide) groups is 1. The number of rotatable bonds is 6. The Labute approximate surface area is 142 Å². The molecule has 0 saturated carbocycles. The van der Waals surface area contributed by atoms with Crippen LogP contribution in [-0.2, 0) is 0 Å². The molecule has 3 rings (SSSR count). The lowest BCUT2D eigenvalue weighted by Gasteiger charge is -2.11. The second kappa shape index (κ2) is 7.47. The van der Waals surface area contributed by atoms with Crippen molar-refractivity contribution in [3.63, 3.8) is 0 Å². The SMILES string of the molecule is N#Cc1ccc(OC[C@H](O)CSc2nc3ccccc3s2)cc1. The second-order valence-electron chi connectivity index (χ2n) is 4.86. The molecular formula is C17H14N2O2S2. The molecule has 4 nitrogen and oxygen atoms in total. The Morgan fingerprint density at radius 2 is 2.00 bits per heavy atom. The van der Waals surface area contributed by atoms with Crippen LogP contribution >= 0.6 is 23.1 Å². The van der Waals surface area contributed by atoms with Crippen LogP contribution in [0.2, 0.25) is 0 Å². The molecule has 23 heavy (non-hydrogen) atoms. The van der Waals surface area contributed by atoms with Crippen molar-refractivity contribution in [3.8, 4) is 11.8 Å². The van der Waals surface area contributed by atoms with Crippen LogP contribution in [0.25, 0.3) is 10.2 Å².